The molecular formula is C16H18N2O2. The lowest BCUT2D eigenvalue weighted by Gasteiger charge is -2.33. The van der Waals surface area contributed by atoms with Gasteiger partial charge in [0.05, 0.1) is 12.0 Å². The largest absolute Gasteiger partial charge is 0.492 e. The molecule has 2 heterocycles. The topological polar surface area (TPSA) is 53.3 Å². The number of hydrogen-bond acceptors (Lipinski definition) is 3. The Balaban J connectivity index is 1.64. The van der Waals surface area contributed by atoms with Gasteiger partial charge in [0.1, 0.15) is 12.4 Å². The fraction of sp³-hybridized carbons (Fsp3) is 0.500. The molecule has 1 unspecified atom stereocenters. The van der Waals surface area contributed by atoms with Crippen molar-refractivity contribution in [2.75, 3.05) is 19.7 Å². The van der Waals surface area contributed by atoms with Gasteiger partial charge in [-0.15, -0.1) is 0 Å². The lowest BCUT2D eigenvalue weighted by atomic mass is 9.93. The highest BCUT2D eigenvalue weighted by Crippen LogP contribution is 2.28. The van der Waals surface area contributed by atoms with Gasteiger partial charge in [0.2, 0.25) is 5.91 Å². The molecule has 0 aromatic heterocycles. The summed E-state index contributed by atoms with van der Waals surface area (Å²) in [5.74, 6) is 1.11. The lowest BCUT2D eigenvalue weighted by molar-refractivity contribution is -0.138. The van der Waals surface area contributed by atoms with Gasteiger partial charge in [0, 0.05) is 19.0 Å². The van der Waals surface area contributed by atoms with E-state index in [1.165, 1.54) is 0 Å². The van der Waals surface area contributed by atoms with Gasteiger partial charge in [-0.3, -0.25) is 4.79 Å². The van der Waals surface area contributed by atoms with E-state index >= 15 is 0 Å². The van der Waals surface area contributed by atoms with Crippen molar-refractivity contribution in [2.24, 2.45) is 11.8 Å². The first kappa shape index (κ1) is 13.0. The molecule has 1 amide bonds. The molecule has 4 heteroatoms. The number of carbonyl (C=O) groups excluding carboxylic acids is 1. The molecule has 104 valence electrons. The number of amides is 1. The zero-order valence-corrected chi connectivity index (χ0v) is 11.4. The number of likely N-dealkylation sites (tertiary alicyclic amines) is 1. The predicted octanol–water partition coefficient (Wildman–Crippen LogP) is 2.00. The van der Waals surface area contributed by atoms with Gasteiger partial charge in [0.15, 0.2) is 0 Å². The van der Waals surface area contributed by atoms with Crippen LogP contribution in [0, 0.1) is 23.2 Å². The lowest BCUT2D eigenvalue weighted by Crippen LogP contribution is -2.44. The van der Waals surface area contributed by atoms with Gasteiger partial charge >= 0.3 is 0 Å². The molecule has 3 rings (SSSR count). The van der Waals surface area contributed by atoms with E-state index in [1.807, 2.05) is 29.2 Å². The Labute approximate surface area is 118 Å². The molecule has 0 aliphatic carbocycles. The maximum Gasteiger partial charge on any atom is 0.229 e. The number of nitriles is 1. The summed E-state index contributed by atoms with van der Waals surface area (Å²) in [5, 5.41) is 8.90. The molecule has 1 fully saturated rings. The first-order valence-electron chi connectivity index (χ1n) is 7.17. The maximum absolute atomic E-state index is 12.5. The van der Waals surface area contributed by atoms with Crippen LogP contribution in [0.4, 0.5) is 0 Å². The molecule has 0 N–H and O–H groups in total. The number of ether oxygens (including phenoxy) is 1. The van der Waals surface area contributed by atoms with Crippen LogP contribution in [0.1, 0.15) is 18.4 Å². The number of piperidine rings is 1. The molecule has 1 atom stereocenters. The Kier molecular flexibility index (Phi) is 3.60. The van der Waals surface area contributed by atoms with Crippen LogP contribution in [0.5, 0.6) is 5.75 Å². The van der Waals surface area contributed by atoms with E-state index in [4.69, 9.17) is 10.00 Å². The van der Waals surface area contributed by atoms with Crippen molar-refractivity contribution in [3.05, 3.63) is 29.8 Å². The Morgan fingerprint density at radius 1 is 1.30 bits per heavy atom. The van der Waals surface area contributed by atoms with Crippen LogP contribution >= 0.6 is 0 Å². The Morgan fingerprint density at radius 3 is 2.80 bits per heavy atom. The number of benzene rings is 1. The number of rotatable bonds is 1. The average molecular weight is 270 g/mol. The normalized spacial score (nSPS) is 22.6. The van der Waals surface area contributed by atoms with Crippen LogP contribution in [-0.4, -0.2) is 30.5 Å². The number of nitrogens with zero attached hydrogens (tertiary/aromatic N) is 2. The van der Waals surface area contributed by atoms with Crippen LogP contribution in [0.3, 0.4) is 0 Å². The smallest absolute Gasteiger partial charge is 0.229 e. The van der Waals surface area contributed by atoms with Gasteiger partial charge in [-0.2, -0.15) is 5.26 Å². The quantitative estimate of drug-likeness (QED) is 0.784. The Bertz CT molecular complexity index is 542. The third-order valence-electron chi connectivity index (χ3n) is 4.22. The van der Waals surface area contributed by atoms with Crippen LogP contribution in [0.15, 0.2) is 24.3 Å². The second-order valence-electron chi connectivity index (χ2n) is 5.55. The zero-order valence-electron chi connectivity index (χ0n) is 11.4. The van der Waals surface area contributed by atoms with Crippen molar-refractivity contribution in [1.82, 2.24) is 4.90 Å². The van der Waals surface area contributed by atoms with Gasteiger partial charge in [0.25, 0.3) is 0 Å². The SMILES string of the molecule is N#CC1CCN(C(=O)C2COc3ccccc3C2)CC1. The highest BCUT2D eigenvalue weighted by atomic mass is 16.5. The number of para-hydroxylation sites is 1. The number of hydrogen-bond donors (Lipinski definition) is 0. The Hall–Kier alpha value is -2.02. The molecule has 0 radical (unpaired) electrons. The van der Waals surface area contributed by atoms with Crippen molar-refractivity contribution in [3.63, 3.8) is 0 Å². The van der Waals surface area contributed by atoms with Crippen LogP contribution in [0.25, 0.3) is 0 Å². The minimum absolute atomic E-state index is 0.0801. The average Bonchev–Trinajstić information content (AvgIpc) is 2.54. The van der Waals surface area contributed by atoms with E-state index in [0.717, 1.165) is 30.6 Å². The first-order valence-corrected chi connectivity index (χ1v) is 7.17. The van der Waals surface area contributed by atoms with Crippen molar-refractivity contribution < 1.29 is 9.53 Å². The molecule has 4 nitrogen and oxygen atoms in total. The van der Waals surface area contributed by atoms with E-state index in [1.54, 1.807) is 0 Å². The van der Waals surface area contributed by atoms with Gasteiger partial charge in [-0.05, 0) is 30.9 Å². The second-order valence-corrected chi connectivity index (χ2v) is 5.55. The summed E-state index contributed by atoms with van der Waals surface area (Å²) in [6.07, 6.45) is 2.35. The van der Waals surface area contributed by atoms with E-state index < -0.39 is 0 Å². The molecule has 0 bridgehead atoms. The summed E-state index contributed by atoms with van der Waals surface area (Å²) in [7, 11) is 0. The van der Waals surface area contributed by atoms with Gasteiger partial charge < -0.3 is 9.64 Å². The first-order chi connectivity index (χ1) is 9.78. The second kappa shape index (κ2) is 5.54. The van der Waals surface area contributed by atoms with E-state index in [9.17, 15) is 4.79 Å². The standard InChI is InChI=1S/C16H18N2O2/c17-10-12-5-7-18(8-6-12)16(19)14-9-13-3-1-2-4-15(13)20-11-14/h1-4,12,14H,5-9,11H2. The highest BCUT2D eigenvalue weighted by Gasteiger charge is 2.31. The fourth-order valence-electron chi connectivity index (χ4n) is 2.97. The summed E-state index contributed by atoms with van der Waals surface area (Å²) in [6, 6.07) is 10.2. The van der Waals surface area contributed by atoms with Gasteiger partial charge in [-0.1, -0.05) is 18.2 Å². The number of carbonyl (C=O) groups is 1. The zero-order chi connectivity index (χ0) is 13.9. The van der Waals surface area contributed by atoms with E-state index in [-0.39, 0.29) is 17.7 Å². The summed E-state index contributed by atoms with van der Waals surface area (Å²) in [6.45, 7) is 1.87. The molecule has 1 aromatic rings. The van der Waals surface area contributed by atoms with Crippen molar-refractivity contribution in [3.8, 4) is 11.8 Å². The Morgan fingerprint density at radius 2 is 2.05 bits per heavy atom. The minimum Gasteiger partial charge on any atom is -0.492 e. The predicted molar refractivity (Wildman–Crippen MR) is 74.0 cm³/mol. The molecular weight excluding hydrogens is 252 g/mol. The van der Waals surface area contributed by atoms with Crippen molar-refractivity contribution in [2.45, 2.75) is 19.3 Å². The maximum atomic E-state index is 12.5. The fourth-order valence-corrected chi connectivity index (χ4v) is 2.97. The van der Waals surface area contributed by atoms with Crippen LogP contribution < -0.4 is 4.74 Å². The van der Waals surface area contributed by atoms with Gasteiger partial charge in [-0.25, -0.2) is 0 Å². The summed E-state index contributed by atoms with van der Waals surface area (Å²) < 4.78 is 5.69. The third kappa shape index (κ3) is 2.49. The van der Waals surface area contributed by atoms with Crippen LogP contribution in [-0.2, 0) is 11.2 Å². The van der Waals surface area contributed by atoms with E-state index in [0.29, 0.717) is 19.7 Å². The molecule has 0 saturated carbocycles. The molecule has 1 saturated heterocycles. The monoisotopic (exact) mass is 270 g/mol. The molecule has 20 heavy (non-hydrogen) atoms. The number of fused-ring (bicyclic) bond motifs is 1. The summed E-state index contributed by atoms with van der Waals surface area (Å²) in [4.78, 5) is 14.4. The van der Waals surface area contributed by atoms with Crippen molar-refractivity contribution in [1.29, 1.82) is 5.26 Å². The molecule has 1 aromatic carbocycles. The van der Waals surface area contributed by atoms with E-state index in [2.05, 4.69) is 6.07 Å². The molecule has 2 aliphatic heterocycles. The highest BCUT2D eigenvalue weighted by molar-refractivity contribution is 5.80. The van der Waals surface area contributed by atoms with Crippen molar-refractivity contribution >= 4 is 5.91 Å². The molecule has 0 spiro atoms. The minimum atomic E-state index is -0.0801. The third-order valence-corrected chi connectivity index (χ3v) is 4.22. The van der Waals surface area contributed by atoms with Crippen LogP contribution in [0.2, 0.25) is 0 Å². The summed E-state index contributed by atoms with van der Waals surface area (Å²) in [5.41, 5.74) is 1.11. The molecule has 2 aliphatic rings. The summed E-state index contributed by atoms with van der Waals surface area (Å²) >= 11 is 0.